The molecule has 0 bridgehead atoms. The summed E-state index contributed by atoms with van der Waals surface area (Å²) in [7, 11) is 0. The molecule has 32 heavy (non-hydrogen) atoms. The summed E-state index contributed by atoms with van der Waals surface area (Å²) in [6.45, 7) is 4.50. The first kappa shape index (κ1) is 21.6. The topological polar surface area (TPSA) is 71.5 Å². The lowest BCUT2D eigenvalue weighted by Crippen LogP contribution is -2.32. The summed E-state index contributed by atoms with van der Waals surface area (Å²) in [6, 6.07) is 16.1. The number of nitrogens with one attached hydrogen (secondary N) is 1. The molecule has 0 saturated carbocycles. The van der Waals surface area contributed by atoms with Crippen LogP contribution in [0.15, 0.2) is 72.7 Å². The zero-order valence-electron chi connectivity index (χ0n) is 17.8. The van der Waals surface area contributed by atoms with E-state index in [9.17, 15) is 9.59 Å². The number of imide groups is 1. The molecule has 7 heteroatoms. The summed E-state index contributed by atoms with van der Waals surface area (Å²) in [5.41, 5.74) is 3.52. The van der Waals surface area contributed by atoms with Crippen LogP contribution in [0, 0.1) is 6.92 Å². The van der Waals surface area contributed by atoms with Crippen molar-refractivity contribution in [1.29, 1.82) is 0 Å². The Labute approximate surface area is 191 Å². The maximum absolute atomic E-state index is 13.4. The fourth-order valence-corrected chi connectivity index (χ4v) is 3.65. The number of carbonyl (C=O) groups is 2. The molecule has 6 nitrogen and oxygen atoms in total. The molecule has 2 heterocycles. The molecule has 1 aromatic heterocycles. The maximum atomic E-state index is 13.4. The molecule has 0 spiro atoms. The van der Waals surface area contributed by atoms with E-state index in [1.165, 1.54) is 4.90 Å². The van der Waals surface area contributed by atoms with Crippen LogP contribution in [0.5, 0.6) is 5.75 Å². The van der Waals surface area contributed by atoms with Gasteiger partial charge in [-0.1, -0.05) is 29.8 Å². The van der Waals surface area contributed by atoms with Gasteiger partial charge in [-0.2, -0.15) is 0 Å². The Bertz CT molecular complexity index is 1190. The Morgan fingerprint density at radius 1 is 1.00 bits per heavy atom. The molecule has 2 amide bonds. The molecule has 3 aromatic rings. The third-order valence-corrected chi connectivity index (χ3v) is 5.56. The zero-order valence-corrected chi connectivity index (χ0v) is 18.5. The molecule has 0 radical (unpaired) electrons. The zero-order chi connectivity index (χ0) is 22.7. The highest BCUT2D eigenvalue weighted by atomic mass is 35.5. The van der Waals surface area contributed by atoms with E-state index in [4.69, 9.17) is 16.3 Å². The fourth-order valence-electron chi connectivity index (χ4n) is 3.47. The second-order valence-corrected chi connectivity index (χ2v) is 7.76. The lowest BCUT2D eigenvalue weighted by atomic mass is 10.0. The minimum absolute atomic E-state index is 0.153. The van der Waals surface area contributed by atoms with Crippen LogP contribution in [-0.4, -0.2) is 28.3 Å². The standard InChI is InChI=1S/C25H22ClN3O3/c1-3-32-20-8-5-18(6-9-20)22-23(28-19-7-4-16(2)21(26)14-19)25(31)29(24(22)30)15-17-10-12-27-13-11-17/h4-14,28H,3,15H2,1-2H3. The van der Waals surface area contributed by atoms with Crippen molar-refractivity contribution < 1.29 is 14.3 Å². The normalized spacial score (nSPS) is 13.7. The van der Waals surface area contributed by atoms with Crippen molar-refractivity contribution in [3.05, 3.63) is 94.4 Å². The van der Waals surface area contributed by atoms with Crippen molar-refractivity contribution >= 4 is 34.7 Å². The Hall–Kier alpha value is -3.64. The summed E-state index contributed by atoms with van der Waals surface area (Å²) in [5.74, 6) is -0.0637. The number of rotatable bonds is 7. The Balaban J connectivity index is 1.73. The quantitative estimate of drug-likeness (QED) is 0.525. The van der Waals surface area contributed by atoms with E-state index < -0.39 is 5.91 Å². The molecule has 1 aliphatic rings. The van der Waals surface area contributed by atoms with E-state index in [-0.39, 0.29) is 18.1 Å². The van der Waals surface area contributed by atoms with Gasteiger partial charge in [-0.3, -0.25) is 19.5 Å². The van der Waals surface area contributed by atoms with Crippen LogP contribution in [0.25, 0.3) is 5.57 Å². The highest BCUT2D eigenvalue weighted by Gasteiger charge is 2.39. The molecule has 0 aliphatic carbocycles. The Kier molecular flexibility index (Phi) is 6.23. The number of nitrogens with zero attached hydrogens (tertiary/aromatic N) is 2. The third-order valence-electron chi connectivity index (χ3n) is 5.15. The molecule has 0 unspecified atom stereocenters. The fraction of sp³-hybridized carbons (Fsp3) is 0.160. The predicted octanol–water partition coefficient (Wildman–Crippen LogP) is 4.83. The highest BCUT2D eigenvalue weighted by molar-refractivity contribution is 6.36. The summed E-state index contributed by atoms with van der Waals surface area (Å²) < 4.78 is 5.50. The third kappa shape index (κ3) is 4.36. The van der Waals surface area contributed by atoms with Crippen LogP contribution in [0.1, 0.15) is 23.6 Å². The number of aromatic nitrogens is 1. The van der Waals surface area contributed by atoms with Crippen LogP contribution in [0.2, 0.25) is 5.02 Å². The van der Waals surface area contributed by atoms with Crippen LogP contribution in [0.4, 0.5) is 5.69 Å². The van der Waals surface area contributed by atoms with Gasteiger partial charge in [0.25, 0.3) is 11.8 Å². The second kappa shape index (κ2) is 9.24. The first-order valence-electron chi connectivity index (χ1n) is 10.2. The summed E-state index contributed by atoms with van der Waals surface area (Å²) in [6.07, 6.45) is 3.27. The van der Waals surface area contributed by atoms with Gasteiger partial charge in [0.1, 0.15) is 11.4 Å². The lowest BCUT2D eigenvalue weighted by molar-refractivity contribution is -0.137. The number of aryl methyl sites for hydroxylation is 1. The van der Waals surface area contributed by atoms with Gasteiger partial charge in [0.05, 0.1) is 18.7 Å². The van der Waals surface area contributed by atoms with Crippen LogP contribution in [0.3, 0.4) is 0 Å². The molecule has 2 aromatic carbocycles. The van der Waals surface area contributed by atoms with Gasteiger partial charge in [0, 0.05) is 23.1 Å². The molecule has 1 aliphatic heterocycles. The highest BCUT2D eigenvalue weighted by Crippen LogP contribution is 2.33. The number of hydrogen-bond acceptors (Lipinski definition) is 5. The van der Waals surface area contributed by atoms with E-state index in [1.807, 2.05) is 26.0 Å². The molecule has 1 N–H and O–H groups in total. The van der Waals surface area contributed by atoms with Crippen LogP contribution >= 0.6 is 11.6 Å². The predicted molar refractivity (Wildman–Crippen MR) is 124 cm³/mol. The van der Waals surface area contributed by atoms with Crippen molar-refractivity contribution in [2.75, 3.05) is 11.9 Å². The van der Waals surface area contributed by atoms with Gasteiger partial charge in [0.2, 0.25) is 0 Å². The molecular weight excluding hydrogens is 426 g/mol. The Morgan fingerprint density at radius 3 is 2.38 bits per heavy atom. The van der Waals surface area contributed by atoms with E-state index in [1.54, 1.807) is 54.9 Å². The molecule has 0 atom stereocenters. The SMILES string of the molecule is CCOc1ccc(C2=C(Nc3ccc(C)c(Cl)c3)C(=O)N(Cc3ccncc3)C2=O)cc1. The van der Waals surface area contributed by atoms with Crippen molar-refractivity contribution in [2.24, 2.45) is 0 Å². The number of carbonyl (C=O) groups excluding carboxylic acids is 2. The van der Waals surface area contributed by atoms with Crippen molar-refractivity contribution in [3.8, 4) is 5.75 Å². The maximum Gasteiger partial charge on any atom is 0.278 e. The average Bonchev–Trinajstić information content (AvgIpc) is 3.02. The number of benzene rings is 2. The number of amides is 2. The van der Waals surface area contributed by atoms with Gasteiger partial charge in [-0.25, -0.2) is 0 Å². The van der Waals surface area contributed by atoms with E-state index in [2.05, 4.69) is 10.3 Å². The second-order valence-electron chi connectivity index (χ2n) is 7.35. The van der Waals surface area contributed by atoms with Gasteiger partial charge in [-0.15, -0.1) is 0 Å². The Morgan fingerprint density at radius 2 is 1.72 bits per heavy atom. The van der Waals surface area contributed by atoms with Crippen molar-refractivity contribution in [2.45, 2.75) is 20.4 Å². The summed E-state index contributed by atoms with van der Waals surface area (Å²) in [5, 5.41) is 3.71. The molecule has 4 rings (SSSR count). The van der Waals surface area contributed by atoms with Gasteiger partial charge >= 0.3 is 0 Å². The minimum Gasteiger partial charge on any atom is -0.494 e. The molecule has 0 fully saturated rings. The first-order chi connectivity index (χ1) is 15.5. The monoisotopic (exact) mass is 447 g/mol. The smallest absolute Gasteiger partial charge is 0.278 e. The molecule has 0 saturated heterocycles. The van der Waals surface area contributed by atoms with Crippen LogP contribution < -0.4 is 10.1 Å². The average molecular weight is 448 g/mol. The summed E-state index contributed by atoms with van der Waals surface area (Å²) in [4.78, 5) is 32.0. The van der Waals surface area contributed by atoms with Crippen LogP contribution in [-0.2, 0) is 16.1 Å². The minimum atomic E-state index is -0.396. The van der Waals surface area contributed by atoms with Gasteiger partial charge in [-0.05, 0) is 66.9 Å². The van der Waals surface area contributed by atoms with Crippen molar-refractivity contribution in [1.82, 2.24) is 9.88 Å². The van der Waals surface area contributed by atoms with E-state index in [0.29, 0.717) is 34.2 Å². The lowest BCUT2D eigenvalue weighted by Gasteiger charge is -2.15. The number of hydrogen-bond donors (Lipinski definition) is 1. The van der Waals surface area contributed by atoms with Gasteiger partial charge in [0.15, 0.2) is 0 Å². The van der Waals surface area contributed by atoms with E-state index in [0.717, 1.165) is 11.1 Å². The largest absolute Gasteiger partial charge is 0.494 e. The number of ether oxygens (including phenoxy) is 1. The molecule has 162 valence electrons. The first-order valence-corrected chi connectivity index (χ1v) is 10.6. The van der Waals surface area contributed by atoms with Gasteiger partial charge < -0.3 is 10.1 Å². The van der Waals surface area contributed by atoms with Crippen molar-refractivity contribution in [3.63, 3.8) is 0 Å². The van der Waals surface area contributed by atoms with E-state index >= 15 is 0 Å². The molecular formula is C25H22ClN3O3. The number of anilines is 1. The number of pyridine rings is 1. The summed E-state index contributed by atoms with van der Waals surface area (Å²) >= 11 is 6.26. The number of halogens is 1.